The topological polar surface area (TPSA) is 33.2 Å². The third kappa shape index (κ3) is 2.43. The van der Waals surface area contributed by atoms with Gasteiger partial charge in [0, 0.05) is 11.4 Å². The first-order chi connectivity index (χ1) is 9.66. The maximum Gasteiger partial charge on any atom is 0.257 e. The van der Waals surface area contributed by atoms with Crippen molar-refractivity contribution in [2.24, 2.45) is 0 Å². The molecule has 1 aliphatic heterocycles. The summed E-state index contributed by atoms with van der Waals surface area (Å²) in [6, 6.07) is 5.20. The lowest BCUT2D eigenvalue weighted by atomic mass is 10.1. The van der Waals surface area contributed by atoms with Crippen LogP contribution in [0.4, 0.5) is 4.39 Å². The highest BCUT2D eigenvalue weighted by molar-refractivity contribution is 7.10. The predicted octanol–water partition coefficient (Wildman–Crippen LogP) is 3.91. The average Bonchev–Trinajstić information content (AvgIpc) is 3.10. The number of thiophene rings is 1. The smallest absolute Gasteiger partial charge is 0.257 e. The molecule has 0 radical (unpaired) electrons. The number of carbonyl (C=O) groups is 1. The van der Waals surface area contributed by atoms with Crippen LogP contribution in [-0.2, 0) is 0 Å². The minimum Gasteiger partial charge on any atom is -0.331 e. The van der Waals surface area contributed by atoms with Gasteiger partial charge in [-0.2, -0.15) is 0 Å². The summed E-state index contributed by atoms with van der Waals surface area (Å²) in [5, 5.41) is 2.04. The number of amides is 1. The van der Waals surface area contributed by atoms with Gasteiger partial charge in [0.05, 0.1) is 17.8 Å². The van der Waals surface area contributed by atoms with Crippen molar-refractivity contribution >= 4 is 28.8 Å². The third-order valence-electron chi connectivity index (χ3n) is 3.42. The fourth-order valence-electron chi connectivity index (χ4n) is 2.51. The van der Waals surface area contributed by atoms with Crippen molar-refractivity contribution < 1.29 is 9.18 Å². The number of aromatic nitrogens is 1. The molecule has 0 spiro atoms. The molecule has 3 heterocycles. The van der Waals surface area contributed by atoms with Crippen LogP contribution >= 0.6 is 22.9 Å². The molecule has 0 aliphatic carbocycles. The summed E-state index contributed by atoms with van der Waals surface area (Å²) in [7, 11) is 0. The van der Waals surface area contributed by atoms with Gasteiger partial charge in [-0.3, -0.25) is 4.79 Å². The fraction of sp³-hybridized carbons (Fsp3) is 0.286. The molecule has 20 heavy (non-hydrogen) atoms. The Labute approximate surface area is 125 Å². The van der Waals surface area contributed by atoms with Crippen LogP contribution in [0.3, 0.4) is 0 Å². The molecule has 1 aliphatic rings. The second kappa shape index (κ2) is 5.50. The van der Waals surface area contributed by atoms with Gasteiger partial charge in [-0.05, 0) is 30.4 Å². The molecule has 3 rings (SSSR count). The molecule has 0 aromatic carbocycles. The van der Waals surface area contributed by atoms with Crippen molar-refractivity contribution in [1.82, 2.24) is 9.88 Å². The minimum atomic E-state index is -0.551. The predicted molar refractivity (Wildman–Crippen MR) is 76.5 cm³/mol. The molecule has 0 N–H and O–H groups in total. The quantitative estimate of drug-likeness (QED) is 0.788. The van der Waals surface area contributed by atoms with E-state index in [1.807, 2.05) is 17.5 Å². The fourth-order valence-corrected chi connectivity index (χ4v) is 3.57. The van der Waals surface area contributed by atoms with E-state index < -0.39 is 5.82 Å². The summed E-state index contributed by atoms with van der Waals surface area (Å²) in [5.74, 6) is -0.803. The van der Waals surface area contributed by atoms with E-state index >= 15 is 0 Å². The molecule has 1 fully saturated rings. The molecular weight excluding hydrogens is 299 g/mol. The van der Waals surface area contributed by atoms with Gasteiger partial charge in [-0.15, -0.1) is 11.3 Å². The summed E-state index contributed by atoms with van der Waals surface area (Å²) < 4.78 is 13.3. The second-order valence-corrected chi connectivity index (χ2v) is 6.00. The summed E-state index contributed by atoms with van der Waals surface area (Å²) in [6.45, 7) is 0.661. The number of nitrogens with zero attached hydrogens (tertiary/aromatic N) is 2. The van der Waals surface area contributed by atoms with Crippen LogP contribution in [0.25, 0.3) is 0 Å². The first-order valence-electron chi connectivity index (χ1n) is 6.32. The Hall–Kier alpha value is -1.46. The van der Waals surface area contributed by atoms with E-state index in [1.165, 1.54) is 0 Å². The van der Waals surface area contributed by atoms with Gasteiger partial charge < -0.3 is 4.90 Å². The molecule has 0 saturated carbocycles. The van der Waals surface area contributed by atoms with Crippen molar-refractivity contribution in [3.05, 3.63) is 51.2 Å². The lowest BCUT2D eigenvalue weighted by molar-refractivity contribution is 0.0737. The van der Waals surface area contributed by atoms with Crippen molar-refractivity contribution in [3.63, 3.8) is 0 Å². The van der Waals surface area contributed by atoms with Gasteiger partial charge in [-0.1, -0.05) is 17.7 Å². The van der Waals surface area contributed by atoms with Crippen molar-refractivity contribution in [2.45, 2.75) is 18.9 Å². The first-order valence-corrected chi connectivity index (χ1v) is 7.58. The van der Waals surface area contributed by atoms with Crippen molar-refractivity contribution in [3.8, 4) is 0 Å². The molecule has 1 amide bonds. The van der Waals surface area contributed by atoms with Crippen LogP contribution in [0.5, 0.6) is 0 Å². The van der Waals surface area contributed by atoms with E-state index in [4.69, 9.17) is 11.6 Å². The highest BCUT2D eigenvalue weighted by atomic mass is 35.5. The molecule has 2 aromatic heterocycles. The molecule has 1 unspecified atom stereocenters. The summed E-state index contributed by atoms with van der Waals surface area (Å²) in [6.07, 6.45) is 2.88. The Kier molecular flexibility index (Phi) is 3.72. The largest absolute Gasteiger partial charge is 0.331 e. The maximum absolute atomic E-state index is 13.3. The summed E-state index contributed by atoms with van der Waals surface area (Å²) in [4.78, 5) is 19.2. The van der Waals surface area contributed by atoms with Gasteiger partial charge in [0.1, 0.15) is 11.0 Å². The van der Waals surface area contributed by atoms with E-state index in [2.05, 4.69) is 4.98 Å². The van der Waals surface area contributed by atoms with E-state index in [0.29, 0.717) is 6.54 Å². The van der Waals surface area contributed by atoms with Crippen LogP contribution < -0.4 is 0 Å². The molecule has 1 saturated heterocycles. The van der Waals surface area contributed by atoms with Gasteiger partial charge >= 0.3 is 0 Å². The zero-order chi connectivity index (χ0) is 14.1. The number of hydrogen-bond acceptors (Lipinski definition) is 3. The maximum atomic E-state index is 13.3. The Morgan fingerprint density at radius 3 is 3.15 bits per heavy atom. The van der Waals surface area contributed by atoms with Crippen LogP contribution in [0, 0.1) is 5.82 Å². The molecule has 3 nitrogen and oxygen atoms in total. The molecule has 2 aromatic rings. The third-order valence-corrected chi connectivity index (χ3v) is 4.70. The Balaban J connectivity index is 1.91. The Bertz CT molecular complexity index is 632. The van der Waals surface area contributed by atoms with E-state index in [1.54, 1.807) is 16.2 Å². The van der Waals surface area contributed by atoms with Gasteiger partial charge in [0.2, 0.25) is 0 Å². The normalized spacial score (nSPS) is 18.5. The number of hydrogen-bond donors (Lipinski definition) is 0. The van der Waals surface area contributed by atoms with Crippen LogP contribution in [-0.4, -0.2) is 22.3 Å². The first kappa shape index (κ1) is 13.5. The van der Waals surface area contributed by atoms with E-state index in [9.17, 15) is 9.18 Å². The highest BCUT2D eigenvalue weighted by Gasteiger charge is 2.32. The monoisotopic (exact) mass is 310 g/mol. The minimum absolute atomic E-state index is 0.0493. The number of likely N-dealkylation sites (tertiary alicyclic amines) is 1. The standard InChI is InChI=1S/C14H12ClFN2OS/c15-13-10(7-9(16)8-17-13)14(19)18-5-1-3-11(18)12-4-2-6-20-12/h2,4,6-8,11H,1,3,5H2. The Morgan fingerprint density at radius 2 is 2.40 bits per heavy atom. The molecule has 0 bridgehead atoms. The summed E-state index contributed by atoms with van der Waals surface area (Å²) >= 11 is 7.55. The number of rotatable bonds is 2. The van der Waals surface area contributed by atoms with Crippen molar-refractivity contribution in [1.29, 1.82) is 0 Å². The molecular formula is C14H12ClFN2OS. The molecule has 104 valence electrons. The molecule has 1 atom stereocenters. The molecule has 6 heteroatoms. The number of carbonyl (C=O) groups excluding carboxylic acids is 1. The van der Waals surface area contributed by atoms with Crippen molar-refractivity contribution in [2.75, 3.05) is 6.54 Å². The van der Waals surface area contributed by atoms with Crippen LogP contribution in [0.2, 0.25) is 5.15 Å². The zero-order valence-corrected chi connectivity index (χ0v) is 12.1. The van der Waals surface area contributed by atoms with E-state index in [-0.39, 0.29) is 22.7 Å². The van der Waals surface area contributed by atoms with Gasteiger partial charge in [-0.25, -0.2) is 9.37 Å². The van der Waals surface area contributed by atoms with Gasteiger partial charge in [0.25, 0.3) is 5.91 Å². The lowest BCUT2D eigenvalue weighted by Gasteiger charge is -2.24. The summed E-state index contributed by atoms with van der Waals surface area (Å²) in [5.41, 5.74) is 0.134. The van der Waals surface area contributed by atoms with Crippen LogP contribution in [0.15, 0.2) is 29.8 Å². The highest BCUT2D eigenvalue weighted by Crippen LogP contribution is 2.36. The second-order valence-electron chi connectivity index (χ2n) is 4.66. The number of halogens is 2. The van der Waals surface area contributed by atoms with E-state index in [0.717, 1.165) is 30.0 Å². The number of pyridine rings is 1. The SMILES string of the molecule is O=C(c1cc(F)cnc1Cl)N1CCCC1c1cccs1. The van der Waals surface area contributed by atoms with Crippen LogP contribution in [0.1, 0.15) is 34.1 Å². The zero-order valence-electron chi connectivity index (χ0n) is 10.6. The lowest BCUT2D eigenvalue weighted by Crippen LogP contribution is -2.30. The van der Waals surface area contributed by atoms with Gasteiger partial charge in [0.15, 0.2) is 0 Å². The Morgan fingerprint density at radius 1 is 1.55 bits per heavy atom. The average molecular weight is 311 g/mol.